The van der Waals surface area contributed by atoms with Gasteiger partial charge in [0.1, 0.15) is 154 Å². The number of hydrogen-bond donors (Lipinski definition) is 17. The molecule has 36 nitrogen and oxygen atoms in total. The molecule has 4 saturated heterocycles. The van der Waals surface area contributed by atoms with Crippen molar-refractivity contribution >= 4 is 48.1 Å². The molecule has 20 atom stereocenters. The standard InChI is InChI=1S/C69H70O36/c70-33-10-1-29(2-11-33)6-16-49(77)93-25-44-53(81)57(85)61(89)66(102-44)97-35-21-38(73)36-23-43(101-69-64(92)60(88)56(84)47(105-69)28-96-52(80)24-48(75)76)65(98-41(36)22-35)32-9-14-37(72)42(20-32)100-68-63(91)59(87)55(83)46(104-68)27-95-51(79)18-8-31-5-15-40(39(74)19-31)99-67-62(90)58(86)54(82)45(103-67)26-94-50(78)17-7-30-3-12-34(71)13-4-30/h1-23,44-47,53-64,66-72,74,81-92H,24-28H2,(H,75,76)/b16-6?,17-7?,18-8+/t44-,45-,46-,47-,53-,54-,55-,56-,57+,58+,59+,60+,61-,62-,63-,64-,66-,67-,68-,69-/m1/s1. The predicted octanol–water partition coefficient (Wildman–Crippen LogP) is -2.23. The molecule has 6 aliphatic rings. The van der Waals surface area contributed by atoms with Gasteiger partial charge in [0.25, 0.3) is 0 Å². The van der Waals surface area contributed by atoms with Crippen LogP contribution in [0.25, 0.3) is 40.9 Å². The lowest BCUT2D eigenvalue weighted by atomic mass is 9.99. The van der Waals surface area contributed by atoms with Crippen LogP contribution in [0.1, 0.15) is 23.1 Å². The van der Waals surface area contributed by atoms with Crippen LogP contribution >= 0.6 is 0 Å². The quantitative estimate of drug-likeness (QED) is 0.0125. The molecule has 1 aliphatic carbocycles. The van der Waals surface area contributed by atoms with Crippen molar-refractivity contribution in [3.05, 3.63) is 148 Å². The molecule has 4 aromatic carbocycles. The number of benzene rings is 5. The topological polar surface area (TPSA) is 570 Å². The zero-order chi connectivity index (χ0) is 75.7. The molecule has 0 unspecified atom stereocenters. The Bertz CT molecular complexity index is 4160. The second-order valence-electron chi connectivity index (χ2n) is 24.0. The number of phenols is 4. The average Bonchev–Trinajstić information content (AvgIpc) is 0.842. The first kappa shape index (κ1) is 77.3. The fraction of sp³-hybridized carbons (Fsp3) is 0.362. The van der Waals surface area contributed by atoms with Gasteiger partial charge in [-0.05, 0) is 95.6 Å². The fourth-order valence-electron chi connectivity index (χ4n) is 10.8. The van der Waals surface area contributed by atoms with Crippen molar-refractivity contribution < 1.29 is 172 Å². The molecular formula is C69H70O36. The number of ether oxygens (including phenoxy) is 12. The van der Waals surface area contributed by atoms with Gasteiger partial charge in [-0.15, -0.1) is 0 Å². The first-order chi connectivity index (χ1) is 50.0. The maximum atomic E-state index is 14.0. The number of fused-ring (bicyclic) bond motifs is 1. The van der Waals surface area contributed by atoms with Gasteiger partial charge < -0.3 is 148 Å². The summed E-state index contributed by atoms with van der Waals surface area (Å²) < 4.78 is 72.8. The third-order valence-electron chi connectivity index (χ3n) is 16.5. The zero-order valence-corrected chi connectivity index (χ0v) is 54.2. The summed E-state index contributed by atoms with van der Waals surface area (Å²) in [5.41, 5.74) is -0.312. The molecule has 0 spiro atoms. The highest BCUT2D eigenvalue weighted by Crippen LogP contribution is 2.43. The van der Waals surface area contributed by atoms with Crippen LogP contribution in [0.15, 0.2) is 131 Å². The van der Waals surface area contributed by atoms with E-state index in [1.165, 1.54) is 72.8 Å². The number of carboxylic acid groups (broad SMARTS) is 1. The van der Waals surface area contributed by atoms with Crippen LogP contribution in [0.2, 0.25) is 0 Å². The van der Waals surface area contributed by atoms with E-state index in [4.69, 9.17) is 66.4 Å². The van der Waals surface area contributed by atoms with E-state index in [2.05, 4.69) is 0 Å². The summed E-state index contributed by atoms with van der Waals surface area (Å²) in [7, 11) is 0. The lowest BCUT2D eigenvalue weighted by Gasteiger charge is -2.40. The molecule has 0 saturated carbocycles. The maximum Gasteiger partial charge on any atom is 0.330 e. The van der Waals surface area contributed by atoms with Crippen LogP contribution in [0, 0.1) is 0 Å². The molecule has 562 valence electrons. The summed E-state index contributed by atoms with van der Waals surface area (Å²) >= 11 is 0. The summed E-state index contributed by atoms with van der Waals surface area (Å²) in [5.74, 6) is -9.86. The number of aliphatic carboxylic acids is 1. The number of carboxylic acids is 1. The molecular weight excluding hydrogens is 1400 g/mol. The molecule has 0 amide bonds. The minimum atomic E-state index is -2.15. The number of aromatic hydroxyl groups is 4. The Morgan fingerprint density at radius 3 is 1.23 bits per heavy atom. The smallest absolute Gasteiger partial charge is 0.330 e. The van der Waals surface area contributed by atoms with Gasteiger partial charge in [0.05, 0.1) is 5.56 Å². The Morgan fingerprint density at radius 2 is 0.790 bits per heavy atom. The van der Waals surface area contributed by atoms with Gasteiger partial charge in [-0.25, -0.2) is 14.4 Å². The lowest BCUT2D eigenvalue weighted by Crippen LogP contribution is -2.60. The zero-order valence-electron chi connectivity index (χ0n) is 54.2. The van der Waals surface area contributed by atoms with E-state index in [-0.39, 0.29) is 33.9 Å². The molecule has 10 rings (SSSR count). The van der Waals surface area contributed by atoms with E-state index in [0.29, 0.717) is 11.1 Å². The summed E-state index contributed by atoms with van der Waals surface area (Å²) in [5, 5.41) is 181. The average molecular weight is 1480 g/mol. The van der Waals surface area contributed by atoms with Crippen molar-refractivity contribution in [1.29, 1.82) is 0 Å². The van der Waals surface area contributed by atoms with Gasteiger partial charge in [-0.3, -0.25) is 14.4 Å². The molecule has 5 aliphatic heterocycles. The van der Waals surface area contributed by atoms with Crippen LogP contribution in [0.5, 0.6) is 46.0 Å². The predicted molar refractivity (Wildman–Crippen MR) is 345 cm³/mol. The van der Waals surface area contributed by atoms with Crippen molar-refractivity contribution in [2.45, 2.75) is 129 Å². The maximum absolute atomic E-state index is 14.0. The molecule has 4 aromatic rings. The Hall–Kier alpha value is -10.4. The van der Waals surface area contributed by atoms with Crippen molar-refractivity contribution in [3.8, 4) is 68.6 Å². The number of esters is 4. The van der Waals surface area contributed by atoms with Crippen molar-refractivity contribution in [2.24, 2.45) is 0 Å². The highest BCUT2D eigenvalue weighted by atomic mass is 16.7. The van der Waals surface area contributed by atoms with Gasteiger partial charge in [0, 0.05) is 35.9 Å². The van der Waals surface area contributed by atoms with E-state index in [9.17, 15) is 110 Å². The van der Waals surface area contributed by atoms with Gasteiger partial charge in [0.15, 0.2) is 39.9 Å². The Kier molecular flexibility index (Phi) is 25.0. The van der Waals surface area contributed by atoms with Crippen LogP contribution < -0.4 is 24.4 Å². The molecule has 36 heteroatoms. The van der Waals surface area contributed by atoms with Gasteiger partial charge in [0.2, 0.25) is 25.2 Å². The lowest BCUT2D eigenvalue weighted by molar-refractivity contribution is -0.278. The minimum Gasteiger partial charge on any atom is -0.508 e. The third-order valence-corrected chi connectivity index (χ3v) is 16.5. The van der Waals surface area contributed by atoms with Crippen LogP contribution in [0.4, 0.5) is 0 Å². The van der Waals surface area contributed by atoms with Crippen molar-refractivity contribution in [3.63, 3.8) is 0 Å². The van der Waals surface area contributed by atoms with Gasteiger partial charge in [-0.1, -0.05) is 30.3 Å². The monoisotopic (exact) mass is 1470 g/mol. The fourth-order valence-corrected chi connectivity index (χ4v) is 10.8. The Morgan fingerprint density at radius 1 is 0.390 bits per heavy atom. The summed E-state index contributed by atoms with van der Waals surface area (Å²) in [4.78, 5) is 75.4. The molecule has 0 bridgehead atoms. The number of phenolic OH excluding ortho intramolecular Hbond substituents is 4. The molecule has 0 radical (unpaired) electrons. The van der Waals surface area contributed by atoms with Gasteiger partial charge in [-0.2, -0.15) is 0 Å². The van der Waals surface area contributed by atoms with E-state index < -0.39 is 231 Å². The molecule has 5 heterocycles. The van der Waals surface area contributed by atoms with E-state index in [1.807, 2.05) is 0 Å². The number of aliphatic hydroxyl groups is 12. The second kappa shape index (κ2) is 34.0. The Balaban J connectivity index is 0.832. The number of rotatable bonds is 25. The number of hydrogen-bond acceptors (Lipinski definition) is 35. The molecule has 4 fully saturated rings. The first-order valence-electron chi connectivity index (χ1n) is 31.7. The number of carbonyl (C=O) groups excluding carboxylic acids is 4. The van der Waals surface area contributed by atoms with Crippen molar-refractivity contribution in [2.75, 3.05) is 26.4 Å². The van der Waals surface area contributed by atoms with Crippen LogP contribution in [-0.2, 0) is 61.9 Å². The summed E-state index contributed by atoms with van der Waals surface area (Å²) in [6.07, 6.45) is -32.3. The number of carbonyl (C=O) groups is 5. The molecule has 17 N–H and O–H groups in total. The SMILES string of the molecule is O=C(O)CC(=O)OC[C@H]1O[C@@H](Oc2cc3c(=O)cc(O[C@@H]4O[C@H](COC(=O)C=Cc5ccc(O)cc5)[C@@H](O)[C@H](O)[C@H]4O)cc-3oc2-c2ccc(O)c(O[C@@H]3O[C@H](COC(=O)/C=C/c4ccc(O[C@@H]5O[C@H](COC(=O)C=Cc6ccc(O)cc6)[C@@H](O)[C@H](O)[C@H]5O)c(O)c4)[C@@H](O)[C@H](O)[C@H]3O)c2)[C@H](O)[C@@H](O)[C@@H]1O. The normalized spacial score (nSPS) is 29.1. The van der Waals surface area contributed by atoms with Crippen LogP contribution in [0.3, 0.4) is 0 Å². The Labute approximate surface area is 590 Å². The summed E-state index contributed by atoms with van der Waals surface area (Å²) in [6, 6.07) is 21.3. The van der Waals surface area contributed by atoms with E-state index in [0.717, 1.165) is 66.8 Å². The summed E-state index contributed by atoms with van der Waals surface area (Å²) in [6.45, 7) is -3.06. The minimum absolute atomic E-state index is 0.00458. The largest absolute Gasteiger partial charge is 0.508 e. The van der Waals surface area contributed by atoms with E-state index >= 15 is 0 Å². The van der Waals surface area contributed by atoms with Crippen molar-refractivity contribution in [1.82, 2.24) is 0 Å². The third kappa shape index (κ3) is 19.2. The van der Waals surface area contributed by atoms with Gasteiger partial charge >= 0.3 is 29.8 Å². The second-order valence-corrected chi connectivity index (χ2v) is 24.0. The molecule has 105 heavy (non-hydrogen) atoms. The first-order valence-corrected chi connectivity index (χ1v) is 31.7. The molecule has 0 aromatic heterocycles. The number of aliphatic hydroxyl groups excluding tert-OH is 12. The highest BCUT2D eigenvalue weighted by Gasteiger charge is 2.50. The highest BCUT2D eigenvalue weighted by molar-refractivity contribution is 5.90. The van der Waals surface area contributed by atoms with Crippen LogP contribution in [-0.4, -0.2) is 266 Å². The van der Waals surface area contributed by atoms with E-state index in [1.54, 1.807) is 0 Å².